The number of methoxy groups -OCH3 is 1. The minimum Gasteiger partial charge on any atom is -0.494 e. The monoisotopic (exact) mass is 715 g/mol. The highest BCUT2D eigenvalue weighted by Gasteiger charge is 2.29. The first-order valence-electron chi connectivity index (χ1n) is 18.1. The second-order valence-corrected chi connectivity index (χ2v) is 13.8. The lowest BCUT2D eigenvalue weighted by atomic mass is 9.95. The van der Waals surface area contributed by atoms with Crippen molar-refractivity contribution in [3.05, 3.63) is 47.9 Å². The smallest absolute Gasteiger partial charge is 0.328 e. The van der Waals surface area contributed by atoms with Gasteiger partial charge in [0.1, 0.15) is 11.6 Å². The van der Waals surface area contributed by atoms with E-state index in [-0.39, 0.29) is 29.7 Å². The minimum atomic E-state index is -0.759. The number of hydrogen-bond acceptors (Lipinski definition) is 12. The number of amides is 4. The van der Waals surface area contributed by atoms with E-state index >= 15 is 4.39 Å². The van der Waals surface area contributed by atoms with E-state index in [1.807, 2.05) is 23.1 Å². The summed E-state index contributed by atoms with van der Waals surface area (Å²) in [7, 11) is 1.59. The molecule has 16 heteroatoms. The summed E-state index contributed by atoms with van der Waals surface area (Å²) in [5.74, 6) is 0.371. The van der Waals surface area contributed by atoms with Crippen LogP contribution in [0.25, 0.3) is 0 Å². The van der Waals surface area contributed by atoms with E-state index in [4.69, 9.17) is 10.5 Å². The van der Waals surface area contributed by atoms with E-state index < -0.39 is 11.9 Å². The maximum absolute atomic E-state index is 15.5. The zero-order chi connectivity index (χ0) is 36.2. The topological polar surface area (TPSA) is 165 Å². The first-order valence-corrected chi connectivity index (χ1v) is 18.1. The summed E-state index contributed by atoms with van der Waals surface area (Å²) in [5, 5.41) is 13.6. The van der Waals surface area contributed by atoms with Crippen LogP contribution < -0.4 is 40.7 Å². The average Bonchev–Trinajstić information content (AvgIpc) is 3.16. The van der Waals surface area contributed by atoms with E-state index in [0.29, 0.717) is 41.2 Å². The highest BCUT2D eigenvalue weighted by Crippen LogP contribution is 2.35. The second kappa shape index (κ2) is 15.6. The molecule has 52 heavy (non-hydrogen) atoms. The van der Waals surface area contributed by atoms with Gasteiger partial charge in [-0.25, -0.2) is 9.18 Å². The number of piperazine rings is 1. The van der Waals surface area contributed by atoms with Crippen molar-refractivity contribution in [2.75, 3.05) is 97.5 Å². The zero-order valence-corrected chi connectivity index (χ0v) is 29.5. The van der Waals surface area contributed by atoms with Crippen molar-refractivity contribution >= 4 is 52.4 Å². The highest BCUT2D eigenvalue weighted by molar-refractivity contribution is 6.06. The number of urea groups is 1. The van der Waals surface area contributed by atoms with Crippen LogP contribution in [0.2, 0.25) is 0 Å². The summed E-state index contributed by atoms with van der Waals surface area (Å²) < 4.78 is 21.2. The summed E-state index contributed by atoms with van der Waals surface area (Å²) in [4.78, 5) is 51.1. The lowest BCUT2D eigenvalue weighted by Crippen LogP contribution is -2.49. The second-order valence-electron chi connectivity index (χ2n) is 13.8. The number of imide groups is 1. The Morgan fingerprint density at radius 3 is 2.35 bits per heavy atom. The largest absolute Gasteiger partial charge is 0.494 e. The quantitative estimate of drug-likeness (QED) is 0.281. The number of aromatic nitrogens is 3. The number of nitrogens with zero attached hydrogens (tertiary/aromatic N) is 8. The number of rotatable bonds is 10. The van der Waals surface area contributed by atoms with Crippen LogP contribution in [0, 0.1) is 11.7 Å². The van der Waals surface area contributed by atoms with Crippen molar-refractivity contribution in [3.8, 4) is 5.75 Å². The van der Waals surface area contributed by atoms with Crippen molar-refractivity contribution in [1.82, 2.24) is 25.4 Å². The fraction of sp³-hybridized carbons (Fsp3) is 0.500. The fourth-order valence-electron chi connectivity index (χ4n) is 7.57. The average molecular weight is 716 g/mol. The van der Waals surface area contributed by atoms with Gasteiger partial charge in [0.25, 0.3) is 5.91 Å². The number of benzene rings is 2. The molecule has 4 aliphatic heterocycles. The number of carbonyl (C=O) groups is 3. The number of nitrogens with one attached hydrogen (secondary N) is 2. The molecule has 7 rings (SSSR count). The number of carbonyl (C=O) groups excluding carboxylic acids is 3. The van der Waals surface area contributed by atoms with Crippen molar-refractivity contribution < 1.29 is 23.5 Å². The Morgan fingerprint density at radius 1 is 0.904 bits per heavy atom. The van der Waals surface area contributed by atoms with Gasteiger partial charge in [0.05, 0.1) is 18.5 Å². The van der Waals surface area contributed by atoms with Gasteiger partial charge in [-0.05, 0) is 68.4 Å². The lowest BCUT2D eigenvalue weighted by molar-refractivity contribution is -0.120. The highest BCUT2D eigenvalue weighted by atomic mass is 19.1. The summed E-state index contributed by atoms with van der Waals surface area (Å²) in [6.45, 7) is 7.93. The molecule has 0 spiro atoms. The fourth-order valence-corrected chi connectivity index (χ4v) is 7.57. The van der Waals surface area contributed by atoms with Gasteiger partial charge in [0, 0.05) is 89.3 Å². The first-order chi connectivity index (χ1) is 25.2. The van der Waals surface area contributed by atoms with Crippen LogP contribution in [-0.4, -0.2) is 110 Å². The van der Waals surface area contributed by atoms with E-state index in [1.165, 1.54) is 6.07 Å². The molecule has 0 unspecified atom stereocenters. The van der Waals surface area contributed by atoms with Crippen LogP contribution in [0.1, 0.15) is 49.0 Å². The molecule has 0 radical (unpaired) electrons. The third-order valence-electron chi connectivity index (χ3n) is 10.5. The number of nitrogens with two attached hydrogens (primary N) is 1. The van der Waals surface area contributed by atoms with E-state index in [2.05, 4.69) is 40.5 Å². The van der Waals surface area contributed by atoms with Gasteiger partial charge in [0.15, 0.2) is 11.5 Å². The Morgan fingerprint density at radius 2 is 1.65 bits per heavy atom. The van der Waals surface area contributed by atoms with Crippen LogP contribution in [0.15, 0.2) is 36.4 Å². The molecular weight excluding hydrogens is 669 g/mol. The molecule has 4 saturated heterocycles. The molecule has 4 aliphatic rings. The first kappa shape index (κ1) is 35.2. The predicted molar refractivity (Wildman–Crippen MR) is 196 cm³/mol. The Hall–Kier alpha value is -5.25. The normalized spacial score (nSPS) is 19.1. The van der Waals surface area contributed by atoms with Gasteiger partial charge >= 0.3 is 6.03 Å². The molecule has 0 bridgehead atoms. The molecule has 276 valence electrons. The van der Waals surface area contributed by atoms with Gasteiger partial charge in [-0.2, -0.15) is 4.98 Å². The van der Waals surface area contributed by atoms with Crippen molar-refractivity contribution in [2.45, 2.75) is 38.5 Å². The van der Waals surface area contributed by atoms with Crippen LogP contribution in [0.4, 0.5) is 43.7 Å². The Balaban J connectivity index is 0.902. The van der Waals surface area contributed by atoms with Crippen molar-refractivity contribution in [3.63, 3.8) is 0 Å². The van der Waals surface area contributed by atoms with Crippen LogP contribution in [0.5, 0.6) is 5.75 Å². The third kappa shape index (κ3) is 7.81. The van der Waals surface area contributed by atoms with Crippen LogP contribution in [0.3, 0.4) is 0 Å². The summed E-state index contributed by atoms with van der Waals surface area (Å²) in [6, 6.07) is 10.4. The number of anilines is 6. The summed E-state index contributed by atoms with van der Waals surface area (Å²) in [6.07, 6.45) is 5.59. The molecule has 0 atom stereocenters. The van der Waals surface area contributed by atoms with Crippen LogP contribution >= 0.6 is 0 Å². The molecule has 3 aromatic rings. The summed E-state index contributed by atoms with van der Waals surface area (Å²) >= 11 is 0. The Labute approximate surface area is 302 Å². The molecule has 4 amide bonds. The molecule has 4 fully saturated rings. The molecule has 0 saturated carbocycles. The number of halogens is 1. The van der Waals surface area contributed by atoms with Gasteiger partial charge in [-0.3, -0.25) is 24.7 Å². The Bertz CT molecular complexity index is 1790. The molecule has 5 heterocycles. The SMILES string of the molecule is COc1cc(N2CCC(CN3CCN(c4ccc(Nc5nc(N6CCCCC6)nnc5C(N)=O)cc4F)CC3)CC2)ccc1N1CCC(=O)NC1=O. The molecular formula is C36H46FN11O4. The standard InChI is InChI=1S/C36H46FN11O4/c1-52-30-22-26(6-8-29(30)48-16-11-31(49)40-36(48)51)45-14-9-24(10-15-45)23-44-17-19-46(20-18-44)28-7-5-25(21-27(28)37)39-34-32(33(38)50)42-43-35(41-34)47-12-3-2-4-13-47/h5-8,21-22,24H,2-4,9-20,23H2,1H3,(H2,38,50)(H,39,41,43)(H,40,49,51). The minimum absolute atomic E-state index is 0.0914. The van der Waals surface area contributed by atoms with Gasteiger partial charge in [0.2, 0.25) is 11.9 Å². The van der Waals surface area contributed by atoms with Crippen molar-refractivity contribution in [2.24, 2.45) is 11.7 Å². The maximum atomic E-state index is 15.5. The third-order valence-corrected chi connectivity index (χ3v) is 10.5. The van der Waals surface area contributed by atoms with E-state index in [1.54, 1.807) is 24.1 Å². The van der Waals surface area contributed by atoms with Gasteiger partial charge < -0.3 is 30.5 Å². The van der Waals surface area contributed by atoms with Gasteiger partial charge in [-0.1, -0.05) is 0 Å². The number of piperidine rings is 2. The molecule has 0 aliphatic carbocycles. The zero-order valence-electron chi connectivity index (χ0n) is 29.5. The Kier molecular flexibility index (Phi) is 10.5. The molecule has 4 N–H and O–H groups in total. The van der Waals surface area contributed by atoms with E-state index in [0.717, 1.165) is 96.7 Å². The number of primary amides is 1. The molecule has 15 nitrogen and oxygen atoms in total. The van der Waals surface area contributed by atoms with Gasteiger partial charge in [-0.15, -0.1) is 10.2 Å². The molecule has 1 aromatic heterocycles. The van der Waals surface area contributed by atoms with Crippen LogP contribution in [-0.2, 0) is 4.79 Å². The van der Waals surface area contributed by atoms with E-state index in [9.17, 15) is 14.4 Å². The van der Waals surface area contributed by atoms with Crippen molar-refractivity contribution in [1.29, 1.82) is 0 Å². The lowest BCUT2D eigenvalue weighted by Gasteiger charge is -2.40. The predicted octanol–water partition coefficient (Wildman–Crippen LogP) is 3.34. The number of hydrogen-bond donors (Lipinski definition) is 3. The maximum Gasteiger partial charge on any atom is 0.328 e. The number of ether oxygens (including phenoxy) is 1. The summed E-state index contributed by atoms with van der Waals surface area (Å²) in [5.41, 5.74) is 8.14. The molecule has 2 aromatic carbocycles.